The maximum absolute atomic E-state index is 5.82. The first-order valence-corrected chi connectivity index (χ1v) is 14.9. The highest BCUT2D eigenvalue weighted by molar-refractivity contribution is 5.28. The van der Waals surface area contributed by atoms with Crippen molar-refractivity contribution in [3.05, 3.63) is 59.7 Å². The van der Waals surface area contributed by atoms with E-state index in [1.807, 2.05) is 0 Å². The fourth-order valence-electron chi connectivity index (χ4n) is 5.02. The second kappa shape index (κ2) is 16.0. The summed E-state index contributed by atoms with van der Waals surface area (Å²) >= 11 is 0. The van der Waals surface area contributed by atoms with Crippen molar-refractivity contribution < 1.29 is 18.9 Å². The zero-order valence-corrected chi connectivity index (χ0v) is 23.0. The average Bonchev–Trinajstić information content (AvgIpc) is 3.85. The second-order valence-corrected chi connectivity index (χ2v) is 11.0. The maximum atomic E-state index is 5.82. The van der Waals surface area contributed by atoms with Gasteiger partial charge >= 0.3 is 0 Å². The molecule has 2 aliphatic heterocycles. The third-order valence-electron chi connectivity index (χ3n) is 7.59. The Morgan fingerprint density at radius 1 is 0.649 bits per heavy atom. The van der Waals surface area contributed by atoms with Crippen LogP contribution in [-0.4, -0.2) is 38.6 Å². The normalized spacial score (nSPS) is 18.9. The van der Waals surface area contributed by atoms with E-state index < -0.39 is 0 Å². The van der Waals surface area contributed by atoms with Crippen LogP contribution < -0.4 is 9.47 Å². The van der Waals surface area contributed by atoms with Crippen LogP contribution in [0.5, 0.6) is 11.5 Å². The summed E-state index contributed by atoms with van der Waals surface area (Å²) in [5.74, 6) is 2.71. The van der Waals surface area contributed by atoms with E-state index in [9.17, 15) is 0 Å². The molecule has 4 rings (SSSR count). The molecule has 2 aliphatic rings. The molecule has 2 aromatic rings. The Bertz CT molecular complexity index is 855. The van der Waals surface area contributed by atoms with E-state index in [2.05, 4.69) is 55.5 Å². The van der Waals surface area contributed by atoms with Crippen molar-refractivity contribution in [3.63, 3.8) is 0 Å². The van der Waals surface area contributed by atoms with E-state index in [1.165, 1.54) is 88.2 Å². The van der Waals surface area contributed by atoms with Crippen LogP contribution in [0.1, 0.15) is 88.7 Å². The molecule has 204 valence electrons. The van der Waals surface area contributed by atoms with Gasteiger partial charge in [-0.05, 0) is 60.6 Å². The van der Waals surface area contributed by atoms with E-state index in [-0.39, 0.29) is 0 Å². The number of unbranched alkanes of at least 4 members (excludes halogenated alkanes) is 7. The Labute approximate surface area is 225 Å². The van der Waals surface area contributed by atoms with Crippen LogP contribution >= 0.6 is 0 Å². The summed E-state index contributed by atoms with van der Waals surface area (Å²) in [6.07, 6.45) is 17.8. The lowest BCUT2D eigenvalue weighted by Gasteiger charge is -2.17. The van der Waals surface area contributed by atoms with Gasteiger partial charge in [0.15, 0.2) is 0 Å². The lowest BCUT2D eigenvalue weighted by molar-refractivity contribution is 0.263. The van der Waals surface area contributed by atoms with Crippen LogP contribution in [0.15, 0.2) is 48.5 Å². The summed E-state index contributed by atoms with van der Waals surface area (Å²) in [6.45, 7) is 5.34. The Morgan fingerprint density at radius 3 is 1.65 bits per heavy atom. The molecule has 0 radical (unpaired) electrons. The molecule has 2 fully saturated rings. The predicted octanol–water partition coefficient (Wildman–Crippen LogP) is 7.95. The van der Waals surface area contributed by atoms with Gasteiger partial charge in [-0.25, -0.2) is 0 Å². The molecule has 0 bridgehead atoms. The third kappa shape index (κ3) is 11.9. The minimum Gasteiger partial charge on any atom is -0.491 e. The van der Waals surface area contributed by atoms with Crippen LogP contribution in [0.3, 0.4) is 0 Å². The third-order valence-corrected chi connectivity index (χ3v) is 7.59. The van der Waals surface area contributed by atoms with Crippen molar-refractivity contribution in [3.8, 4) is 11.5 Å². The maximum Gasteiger partial charge on any atom is 0.119 e. The molecule has 4 heteroatoms. The summed E-state index contributed by atoms with van der Waals surface area (Å²) < 4.78 is 22.0. The summed E-state index contributed by atoms with van der Waals surface area (Å²) in [4.78, 5) is 0. The van der Waals surface area contributed by atoms with Crippen LogP contribution in [0.2, 0.25) is 0 Å². The van der Waals surface area contributed by atoms with Gasteiger partial charge in [0.1, 0.15) is 36.9 Å². The minimum atomic E-state index is 0.310. The summed E-state index contributed by atoms with van der Waals surface area (Å²) in [5.41, 5.74) is 2.86. The van der Waals surface area contributed by atoms with E-state index in [1.54, 1.807) is 0 Å². The molecule has 4 nitrogen and oxygen atoms in total. The van der Waals surface area contributed by atoms with E-state index >= 15 is 0 Å². The van der Waals surface area contributed by atoms with Gasteiger partial charge < -0.3 is 18.9 Å². The number of rotatable bonds is 21. The second-order valence-electron chi connectivity index (χ2n) is 11.0. The van der Waals surface area contributed by atoms with Gasteiger partial charge in [-0.1, -0.05) is 95.4 Å². The van der Waals surface area contributed by atoms with E-state index in [0.717, 1.165) is 37.1 Å². The highest BCUT2D eigenvalue weighted by Crippen LogP contribution is 2.25. The molecule has 2 heterocycles. The van der Waals surface area contributed by atoms with Crippen LogP contribution in [0.4, 0.5) is 0 Å². The number of benzene rings is 2. The number of aryl methyl sites for hydroxylation is 1. The Kier molecular flexibility index (Phi) is 12.1. The Balaban J connectivity index is 1.12. The average molecular weight is 509 g/mol. The van der Waals surface area contributed by atoms with Gasteiger partial charge in [-0.2, -0.15) is 0 Å². The highest BCUT2D eigenvalue weighted by Gasteiger charge is 2.23. The summed E-state index contributed by atoms with van der Waals surface area (Å²) in [6, 6.07) is 17.4. The van der Waals surface area contributed by atoms with E-state index in [0.29, 0.717) is 25.4 Å². The van der Waals surface area contributed by atoms with Gasteiger partial charge in [0.25, 0.3) is 0 Å². The lowest BCUT2D eigenvalue weighted by atomic mass is 9.88. The molecule has 0 spiro atoms. The quantitative estimate of drug-likeness (QED) is 0.127. The smallest absolute Gasteiger partial charge is 0.119 e. The number of epoxide rings is 2. The first-order valence-electron chi connectivity index (χ1n) is 14.9. The Morgan fingerprint density at radius 2 is 1.14 bits per heavy atom. The molecule has 0 N–H and O–H groups in total. The zero-order valence-electron chi connectivity index (χ0n) is 23.0. The first-order chi connectivity index (χ1) is 18.3. The molecule has 3 unspecified atom stereocenters. The molecular weight excluding hydrogens is 460 g/mol. The number of hydrogen-bond acceptors (Lipinski definition) is 4. The molecule has 0 saturated carbocycles. The Hall–Kier alpha value is -2.04. The summed E-state index contributed by atoms with van der Waals surface area (Å²) in [5, 5.41) is 0. The fourth-order valence-corrected chi connectivity index (χ4v) is 5.02. The topological polar surface area (TPSA) is 43.5 Å². The van der Waals surface area contributed by atoms with Gasteiger partial charge in [-0.15, -0.1) is 0 Å². The van der Waals surface area contributed by atoms with Crippen molar-refractivity contribution in [1.82, 2.24) is 0 Å². The van der Waals surface area contributed by atoms with Crippen molar-refractivity contribution in [2.24, 2.45) is 5.92 Å². The van der Waals surface area contributed by atoms with Crippen LogP contribution in [0.25, 0.3) is 0 Å². The molecule has 0 aliphatic carbocycles. The fraction of sp³-hybridized carbons (Fsp3) is 0.636. The molecule has 3 atom stereocenters. The van der Waals surface area contributed by atoms with E-state index in [4.69, 9.17) is 18.9 Å². The predicted molar refractivity (Wildman–Crippen MR) is 151 cm³/mol. The lowest BCUT2D eigenvalue weighted by Crippen LogP contribution is -2.06. The van der Waals surface area contributed by atoms with Crippen molar-refractivity contribution >= 4 is 0 Å². The molecule has 0 amide bonds. The number of hydrogen-bond donors (Lipinski definition) is 0. The molecular formula is C33H48O4. The number of ether oxygens (including phenoxy) is 4. The van der Waals surface area contributed by atoms with Gasteiger partial charge in [0.2, 0.25) is 0 Å². The van der Waals surface area contributed by atoms with Crippen molar-refractivity contribution in [1.29, 1.82) is 0 Å². The van der Waals surface area contributed by atoms with Gasteiger partial charge in [-0.3, -0.25) is 0 Å². The van der Waals surface area contributed by atoms with Crippen molar-refractivity contribution in [2.75, 3.05) is 26.4 Å². The first kappa shape index (κ1) is 28.0. The van der Waals surface area contributed by atoms with Crippen molar-refractivity contribution in [2.45, 2.75) is 103 Å². The zero-order chi connectivity index (χ0) is 25.5. The van der Waals surface area contributed by atoms with Crippen LogP contribution in [0, 0.1) is 5.92 Å². The molecule has 0 aromatic heterocycles. The molecule has 2 aromatic carbocycles. The van der Waals surface area contributed by atoms with Crippen LogP contribution in [-0.2, 0) is 22.3 Å². The SMILES string of the molecule is CCCCCCCC(CCCCCCc1ccc(OCC2CO2)cc1)Cc1ccc(OCC2CO2)cc1. The van der Waals surface area contributed by atoms with Gasteiger partial charge in [0, 0.05) is 0 Å². The summed E-state index contributed by atoms with van der Waals surface area (Å²) in [7, 11) is 0. The molecule has 37 heavy (non-hydrogen) atoms. The highest BCUT2D eigenvalue weighted by atomic mass is 16.6. The monoisotopic (exact) mass is 508 g/mol. The van der Waals surface area contributed by atoms with Gasteiger partial charge in [0.05, 0.1) is 13.2 Å². The largest absolute Gasteiger partial charge is 0.491 e. The standard InChI is InChI=1S/C33H48O4/c1-2-3-4-5-9-12-28(22-29-16-20-31(21-17-29)35-24-33-26-37-33)13-10-7-6-8-11-27-14-18-30(19-15-27)34-23-32-25-36-32/h14-21,28,32-33H,2-13,22-26H2,1H3. The molecule has 2 saturated heterocycles. The minimum absolute atomic E-state index is 0.310.